The number of hydrogen-bond acceptors (Lipinski definition) is 4. The fraction of sp³-hybridized carbons (Fsp3) is 0.182. The summed E-state index contributed by atoms with van der Waals surface area (Å²) in [6.45, 7) is 1.77. The van der Waals surface area contributed by atoms with Crippen molar-refractivity contribution < 1.29 is 9.59 Å². The number of amides is 1. The fourth-order valence-corrected chi connectivity index (χ4v) is 1.83. The van der Waals surface area contributed by atoms with Gasteiger partial charge in [0.05, 0.1) is 11.0 Å². The SMILES string of the molecule is [N-]=[N+]=Nc1cc2c(cc1N1CC1)=CC(=O)C(=O)N=2. The van der Waals surface area contributed by atoms with Crippen molar-refractivity contribution in [3.8, 4) is 0 Å². The molecule has 0 saturated carbocycles. The molecule has 1 fully saturated rings. The Morgan fingerprint density at radius 2 is 2.11 bits per heavy atom. The predicted molar refractivity (Wildman–Crippen MR) is 62.7 cm³/mol. The number of nitrogens with zero attached hydrogens (tertiary/aromatic N) is 5. The maximum atomic E-state index is 11.3. The van der Waals surface area contributed by atoms with Gasteiger partial charge in [0.25, 0.3) is 0 Å². The minimum Gasteiger partial charge on any atom is -0.368 e. The van der Waals surface area contributed by atoms with E-state index in [0.717, 1.165) is 18.8 Å². The summed E-state index contributed by atoms with van der Waals surface area (Å²) in [7, 11) is 0. The number of azide groups is 1. The summed E-state index contributed by atoms with van der Waals surface area (Å²) in [4.78, 5) is 30.9. The molecule has 18 heavy (non-hydrogen) atoms. The van der Waals surface area contributed by atoms with Crippen LogP contribution in [0.25, 0.3) is 16.5 Å². The van der Waals surface area contributed by atoms with Gasteiger partial charge in [-0.3, -0.25) is 9.59 Å². The Morgan fingerprint density at radius 3 is 2.78 bits per heavy atom. The Balaban J connectivity index is 2.31. The van der Waals surface area contributed by atoms with Gasteiger partial charge in [-0.1, -0.05) is 5.11 Å². The molecule has 7 nitrogen and oxygen atoms in total. The van der Waals surface area contributed by atoms with E-state index in [4.69, 9.17) is 5.53 Å². The molecule has 1 aromatic rings. The number of rotatable bonds is 2. The lowest BCUT2D eigenvalue weighted by atomic mass is 10.1. The molecule has 2 aliphatic heterocycles. The maximum Gasteiger partial charge on any atom is 0.317 e. The number of ketones is 1. The van der Waals surface area contributed by atoms with Crippen LogP contribution in [0, 0.1) is 0 Å². The molecule has 0 spiro atoms. The van der Waals surface area contributed by atoms with E-state index in [1.165, 1.54) is 12.1 Å². The largest absolute Gasteiger partial charge is 0.368 e. The van der Waals surface area contributed by atoms with E-state index in [1.807, 2.05) is 4.90 Å². The van der Waals surface area contributed by atoms with E-state index in [-0.39, 0.29) is 0 Å². The monoisotopic (exact) mass is 241 g/mol. The van der Waals surface area contributed by atoms with Crippen LogP contribution in [-0.2, 0) is 9.59 Å². The van der Waals surface area contributed by atoms with E-state index in [0.29, 0.717) is 16.3 Å². The van der Waals surface area contributed by atoms with Crippen LogP contribution in [0.5, 0.6) is 0 Å². The first-order valence-corrected chi connectivity index (χ1v) is 5.32. The van der Waals surface area contributed by atoms with Gasteiger partial charge in [0.2, 0.25) is 5.78 Å². The standard InChI is InChI=1S/C11H7N5O2/c12-15-14-8-5-7-6(3-9(8)16-1-2-16)4-10(17)11(18)13-7/h3-5H,1-2H2. The Labute approximate surface area is 101 Å². The molecule has 0 aliphatic carbocycles. The molecule has 0 aromatic heterocycles. The summed E-state index contributed by atoms with van der Waals surface area (Å²) in [5.41, 5.74) is 9.71. The highest BCUT2D eigenvalue weighted by Crippen LogP contribution is 2.30. The van der Waals surface area contributed by atoms with Crippen LogP contribution in [0.4, 0.5) is 11.4 Å². The number of carbonyl (C=O) groups is 2. The van der Waals surface area contributed by atoms with Gasteiger partial charge in [-0.15, -0.1) is 0 Å². The molecular formula is C11H7N5O2. The Bertz CT molecular complexity index is 741. The molecule has 0 N–H and O–H groups in total. The lowest BCUT2D eigenvalue weighted by molar-refractivity contribution is -0.132. The topological polar surface area (TPSA) is 98.3 Å². The van der Waals surface area contributed by atoms with E-state index >= 15 is 0 Å². The van der Waals surface area contributed by atoms with Gasteiger partial charge in [-0.2, -0.15) is 0 Å². The summed E-state index contributed by atoms with van der Waals surface area (Å²) in [5, 5.41) is 4.54. The van der Waals surface area contributed by atoms with Gasteiger partial charge in [0.1, 0.15) is 0 Å². The molecule has 2 aliphatic rings. The van der Waals surface area contributed by atoms with Crippen molar-refractivity contribution in [2.24, 2.45) is 10.1 Å². The van der Waals surface area contributed by atoms with Gasteiger partial charge < -0.3 is 4.90 Å². The summed E-state index contributed by atoms with van der Waals surface area (Å²) in [6.07, 6.45) is 1.26. The van der Waals surface area contributed by atoms with Crippen molar-refractivity contribution >= 4 is 29.1 Å². The second kappa shape index (κ2) is 3.68. The first-order chi connectivity index (χ1) is 8.69. The van der Waals surface area contributed by atoms with Gasteiger partial charge >= 0.3 is 5.91 Å². The Hall–Kier alpha value is -2.66. The molecular weight excluding hydrogens is 234 g/mol. The predicted octanol–water partition coefficient (Wildman–Crippen LogP) is -0.0422. The quantitative estimate of drug-likeness (QED) is 0.239. The van der Waals surface area contributed by atoms with Crippen LogP contribution in [0.1, 0.15) is 0 Å². The molecule has 0 atom stereocenters. The first-order valence-electron chi connectivity index (χ1n) is 5.32. The molecule has 0 bridgehead atoms. The molecule has 1 aromatic carbocycles. The zero-order chi connectivity index (χ0) is 12.7. The maximum absolute atomic E-state index is 11.3. The van der Waals surface area contributed by atoms with Crippen LogP contribution in [0.2, 0.25) is 0 Å². The number of benzene rings is 1. The summed E-state index contributed by atoms with van der Waals surface area (Å²) in [6, 6.07) is 3.25. The van der Waals surface area contributed by atoms with Crippen molar-refractivity contribution in [2.75, 3.05) is 18.0 Å². The summed E-state index contributed by atoms with van der Waals surface area (Å²) < 4.78 is 0. The van der Waals surface area contributed by atoms with E-state index < -0.39 is 11.7 Å². The van der Waals surface area contributed by atoms with Crippen LogP contribution in [-0.4, -0.2) is 24.8 Å². The highest BCUT2D eigenvalue weighted by molar-refractivity contribution is 6.48. The summed E-state index contributed by atoms with van der Waals surface area (Å²) in [5.74, 6) is -1.43. The van der Waals surface area contributed by atoms with Crippen LogP contribution in [0.3, 0.4) is 0 Å². The van der Waals surface area contributed by atoms with Crippen molar-refractivity contribution in [2.45, 2.75) is 0 Å². The highest BCUT2D eigenvalue weighted by Gasteiger charge is 2.22. The lowest BCUT2D eigenvalue weighted by Crippen LogP contribution is -2.34. The van der Waals surface area contributed by atoms with Crippen LogP contribution >= 0.6 is 0 Å². The second-order valence-electron chi connectivity index (χ2n) is 4.00. The van der Waals surface area contributed by atoms with Crippen molar-refractivity contribution in [3.63, 3.8) is 0 Å². The van der Waals surface area contributed by atoms with Gasteiger partial charge in [-0.05, 0) is 17.7 Å². The average molecular weight is 241 g/mol. The van der Waals surface area contributed by atoms with Gasteiger partial charge in [-0.25, -0.2) is 4.99 Å². The minimum atomic E-state index is -0.797. The third-order valence-electron chi connectivity index (χ3n) is 2.78. The molecule has 88 valence electrons. The fourth-order valence-electron chi connectivity index (χ4n) is 1.83. The number of Topliss-reactive ketones (excluding diaryl/α,β-unsaturated/α-hetero) is 1. The van der Waals surface area contributed by atoms with Crippen molar-refractivity contribution in [3.05, 3.63) is 33.2 Å². The molecule has 0 unspecified atom stereocenters. The van der Waals surface area contributed by atoms with E-state index in [2.05, 4.69) is 15.0 Å². The molecule has 2 heterocycles. The first kappa shape index (κ1) is 10.5. The third-order valence-corrected chi connectivity index (χ3v) is 2.78. The number of anilines is 1. The zero-order valence-corrected chi connectivity index (χ0v) is 9.20. The normalized spacial score (nSPS) is 16.3. The van der Waals surface area contributed by atoms with Crippen molar-refractivity contribution in [1.29, 1.82) is 0 Å². The third kappa shape index (κ3) is 1.63. The molecule has 7 heteroatoms. The Morgan fingerprint density at radius 1 is 1.33 bits per heavy atom. The highest BCUT2D eigenvalue weighted by atomic mass is 16.2. The lowest BCUT2D eigenvalue weighted by Gasteiger charge is -2.07. The molecule has 1 amide bonds. The molecule has 3 rings (SSSR count). The van der Waals surface area contributed by atoms with Crippen molar-refractivity contribution in [1.82, 2.24) is 0 Å². The second-order valence-corrected chi connectivity index (χ2v) is 4.00. The molecule has 1 saturated heterocycles. The van der Waals surface area contributed by atoms with E-state index in [9.17, 15) is 9.59 Å². The van der Waals surface area contributed by atoms with E-state index in [1.54, 1.807) is 6.07 Å². The zero-order valence-electron chi connectivity index (χ0n) is 9.20. The van der Waals surface area contributed by atoms with Gasteiger partial charge in [0.15, 0.2) is 0 Å². The van der Waals surface area contributed by atoms with Gasteiger partial charge in [0, 0.05) is 35.0 Å². The molecule has 0 radical (unpaired) electrons. The smallest absolute Gasteiger partial charge is 0.317 e. The van der Waals surface area contributed by atoms with Crippen LogP contribution in [0.15, 0.2) is 22.2 Å². The van der Waals surface area contributed by atoms with Crippen LogP contribution < -0.4 is 15.5 Å². The number of fused-ring (bicyclic) bond motifs is 1. The Kier molecular flexibility index (Phi) is 2.14. The number of carbonyl (C=O) groups excluding carboxylic acids is 2. The average Bonchev–Trinajstić information content (AvgIpc) is 3.15. The summed E-state index contributed by atoms with van der Waals surface area (Å²) >= 11 is 0. The minimum absolute atomic E-state index is 0.368. The number of hydrogen-bond donors (Lipinski definition) is 0.